The van der Waals surface area contributed by atoms with Crippen molar-refractivity contribution in [3.63, 3.8) is 0 Å². The van der Waals surface area contributed by atoms with Crippen LogP contribution in [0.25, 0.3) is 22.6 Å². The number of rotatable bonds is 7. The van der Waals surface area contributed by atoms with Gasteiger partial charge in [0.15, 0.2) is 5.76 Å². The molecule has 1 heterocycles. The van der Waals surface area contributed by atoms with E-state index < -0.39 is 0 Å². The van der Waals surface area contributed by atoms with Crippen molar-refractivity contribution in [1.82, 2.24) is 9.88 Å². The maximum atomic E-state index is 12.5. The molecule has 1 amide bonds. The molecular weight excluding hydrogens is 370 g/mol. The zero-order valence-corrected chi connectivity index (χ0v) is 16.6. The van der Waals surface area contributed by atoms with Gasteiger partial charge in [0, 0.05) is 24.7 Å². The molecule has 0 bridgehead atoms. The minimum Gasteiger partial charge on any atom is -0.431 e. The summed E-state index contributed by atoms with van der Waals surface area (Å²) >= 11 is 1.29. The molecule has 0 unspecified atom stereocenters. The summed E-state index contributed by atoms with van der Waals surface area (Å²) < 4.78 is 6.07. The molecule has 3 rings (SSSR count). The monoisotopic (exact) mass is 391 g/mol. The SMILES string of the molecule is C[C@H](Sc1nc(-c2ccccc2)c(-c2ccccc2)o1)C(=O)N(C)CCC#N. The van der Waals surface area contributed by atoms with Crippen molar-refractivity contribution in [2.24, 2.45) is 0 Å². The summed E-state index contributed by atoms with van der Waals surface area (Å²) in [7, 11) is 1.71. The Morgan fingerprint density at radius 3 is 2.36 bits per heavy atom. The molecule has 142 valence electrons. The van der Waals surface area contributed by atoms with Gasteiger partial charge in [0.25, 0.3) is 5.22 Å². The van der Waals surface area contributed by atoms with Gasteiger partial charge in [-0.25, -0.2) is 4.98 Å². The first kappa shape index (κ1) is 19.7. The van der Waals surface area contributed by atoms with Crippen LogP contribution >= 0.6 is 11.8 Å². The van der Waals surface area contributed by atoms with Crippen molar-refractivity contribution in [1.29, 1.82) is 5.26 Å². The van der Waals surface area contributed by atoms with Crippen LogP contribution in [0.4, 0.5) is 0 Å². The molecular formula is C22H21N3O2S. The molecule has 1 aromatic heterocycles. The van der Waals surface area contributed by atoms with Gasteiger partial charge < -0.3 is 9.32 Å². The van der Waals surface area contributed by atoms with Crippen molar-refractivity contribution in [3.05, 3.63) is 60.7 Å². The highest BCUT2D eigenvalue weighted by Crippen LogP contribution is 2.36. The summed E-state index contributed by atoms with van der Waals surface area (Å²) in [6.07, 6.45) is 0.314. The van der Waals surface area contributed by atoms with Crippen molar-refractivity contribution < 1.29 is 9.21 Å². The van der Waals surface area contributed by atoms with Crippen molar-refractivity contribution >= 4 is 17.7 Å². The molecule has 3 aromatic rings. The normalized spacial score (nSPS) is 11.6. The van der Waals surface area contributed by atoms with Gasteiger partial charge in [0.1, 0.15) is 5.69 Å². The molecule has 0 aliphatic carbocycles. The van der Waals surface area contributed by atoms with Crippen LogP contribution in [-0.4, -0.2) is 34.6 Å². The molecule has 0 spiro atoms. The molecule has 0 fully saturated rings. The van der Waals surface area contributed by atoms with Crippen LogP contribution in [0.2, 0.25) is 0 Å². The number of carbonyl (C=O) groups is 1. The van der Waals surface area contributed by atoms with Gasteiger partial charge in [-0.3, -0.25) is 4.79 Å². The number of oxazole rings is 1. The van der Waals surface area contributed by atoms with Gasteiger partial charge in [-0.15, -0.1) is 0 Å². The van der Waals surface area contributed by atoms with Gasteiger partial charge >= 0.3 is 0 Å². The fourth-order valence-electron chi connectivity index (χ4n) is 2.77. The van der Waals surface area contributed by atoms with Gasteiger partial charge in [-0.1, -0.05) is 72.4 Å². The van der Waals surface area contributed by atoms with Crippen LogP contribution in [0, 0.1) is 11.3 Å². The van der Waals surface area contributed by atoms with Gasteiger partial charge in [-0.05, 0) is 6.92 Å². The Morgan fingerprint density at radius 1 is 1.14 bits per heavy atom. The highest BCUT2D eigenvalue weighted by Gasteiger charge is 2.23. The van der Waals surface area contributed by atoms with E-state index in [1.807, 2.05) is 67.6 Å². The van der Waals surface area contributed by atoms with Gasteiger partial charge in [0.2, 0.25) is 5.91 Å². The van der Waals surface area contributed by atoms with E-state index in [2.05, 4.69) is 11.1 Å². The lowest BCUT2D eigenvalue weighted by Crippen LogP contribution is -2.33. The van der Waals surface area contributed by atoms with Crippen LogP contribution in [0.3, 0.4) is 0 Å². The molecule has 28 heavy (non-hydrogen) atoms. The number of hydrogen-bond donors (Lipinski definition) is 0. The number of nitriles is 1. The van der Waals surface area contributed by atoms with Crippen molar-refractivity contribution in [3.8, 4) is 28.7 Å². The second-order valence-electron chi connectivity index (χ2n) is 6.32. The standard InChI is InChI=1S/C22H21N3O2S/c1-16(21(26)25(2)15-9-14-23)28-22-24-19(17-10-5-3-6-11-17)20(27-22)18-12-7-4-8-13-18/h3-8,10-13,16H,9,15H2,1-2H3/t16-/m0/s1. The largest absolute Gasteiger partial charge is 0.431 e. The quantitative estimate of drug-likeness (QED) is 0.538. The van der Waals surface area contributed by atoms with E-state index in [9.17, 15) is 4.79 Å². The zero-order chi connectivity index (χ0) is 19.9. The van der Waals surface area contributed by atoms with E-state index >= 15 is 0 Å². The maximum absolute atomic E-state index is 12.5. The van der Waals surface area contributed by atoms with Crippen LogP contribution in [-0.2, 0) is 4.79 Å². The number of hydrogen-bond acceptors (Lipinski definition) is 5. The smallest absolute Gasteiger partial charge is 0.257 e. The number of aromatic nitrogens is 1. The van der Waals surface area contributed by atoms with Crippen LogP contribution in [0.5, 0.6) is 0 Å². The molecule has 1 atom stereocenters. The predicted octanol–water partition coefficient (Wildman–Crippen LogP) is 4.86. The highest BCUT2D eigenvalue weighted by atomic mass is 32.2. The van der Waals surface area contributed by atoms with Crippen LogP contribution in [0.15, 0.2) is 70.3 Å². The lowest BCUT2D eigenvalue weighted by Gasteiger charge is -2.18. The Kier molecular flexibility index (Phi) is 6.51. The average molecular weight is 391 g/mol. The number of nitrogens with zero attached hydrogens (tertiary/aromatic N) is 3. The van der Waals surface area contributed by atoms with Crippen molar-refractivity contribution in [2.45, 2.75) is 23.8 Å². The summed E-state index contributed by atoms with van der Waals surface area (Å²) in [5.74, 6) is 0.632. The molecule has 0 saturated heterocycles. The Labute approximate surface area is 169 Å². The molecule has 2 aromatic carbocycles. The molecule has 0 aliphatic heterocycles. The first-order valence-corrected chi connectivity index (χ1v) is 9.88. The number of carbonyl (C=O) groups excluding carboxylic acids is 1. The Bertz CT molecular complexity index is 907. The maximum Gasteiger partial charge on any atom is 0.257 e. The molecule has 0 N–H and O–H groups in total. The topological polar surface area (TPSA) is 70.1 Å². The summed E-state index contributed by atoms with van der Waals surface area (Å²) in [4.78, 5) is 18.8. The summed E-state index contributed by atoms with van der Waals surface area (Å²) in [6, 6.07) is 21.7. The second kappa shape index (κ2) is 9.25. The molecule has 6 heteroatoms. The number of benzene rings is 2. The van der Waals surface area contributed by atoms with Crippen LogP contribution in [0.1, 0.15) is 13.3 Å². The Balaban J connectivity index is 1.88. The Hall–Kier alpha value is -3.04. The minimum atomic E-state index is -0.366. The summed E-state index contributed by atoms with van der Waals surface area (Å²) in [6.45, 7) is 2.24. The second-order valence-corrected chi connectivity index (χ2v) is 7.61. The third-order valence-electron chi connectivity index (χ3n) is 4.25. The lowest BCUT2D eigenvalue weighted by atomic mass is 10.1. The fraction of sp³-hybridized carbons (Fsp3) is 0.227. The molecule has 5 nitrogen and oxygen atoms in total. The van der Waals surface area contributed by atoms with E-state index in [1.54, 1.807) is 11.9 Å². The number of amides is 1. The summed E-state index contributed by atoms with van der Waals surface area (Å²) in [5.41, 5.74) is 2.65. The minimum absolute atomic E-state index is 0.0547. The highest BCUT2D eigenvalue weighted by molar-refractivity contribution is 8.00. The van der Waals surface area contributed by atoms with Crippen molar-refractivity contribution in [2.75, 3.05) is 13.6 Å². The third kappa shape index (κ3) is 4.62. The number of thioether (sulfide) groups is 1. The zero-order valence-electron chi connectivity index (χ0n) is 15.8. The average Bonchev–Trinajstić information content (AvgIpc) is 3.16. The van der Waals surface area contributed by atoms with Gasteiger partial charge in [-0.2, -0.15) is 5.26 Å². The molecule has 0 radical (unpaired) electrons. The fourth-order valence-corrected chi connectivity index (χ4v) is 3.63. The predicted molar refractivity (Wildman–Crippen MR) is 111 cm³/mol. The lowest BCUT2D eigenvalue weighted by molar-refractivity contribution is -0.128. The van der Waals surface area contributed by atoms with Gasteiger partial charge in [0.05, 0.1) is 17.7 Å². The Morgan fingerprint density at radius 2 is 1.75 bits per heavy atom. The van der Waals surface area contributed by atoms with Crippen LogP contribution < -0.4 is 0 Å². The van der Waals surface area contributed by atoms with E-state index in [1.165, 1.54) is 11.8 Å². The molecule has 0 aliphatic rings. The first-order chi connectivity index (χ1) is 13.6. The van der Waals surface area contributed by atoms with E-state index in [0.29, 0.717) is 23.9 Å². The molecule has 0 saturated carbocycles. The third-order valence-corrected chi connectivity index (χ3v) is 5.18. The summed E-state index contributed by atoms with van der Waals surface area (Å²) in [5, 5.41) is 8.79. The van der Waals surface area contributed by atoms with E-state index in [-0.39, 0.29) is 11.2 Å². The van der Waals surface area contributed by atoms with E-state index in [4.69, 9.17) is 9.68 Å². The first-order valence-electron chi connectivity index (χ1n) is 9.00. The van der Waals surface area contributed by atoms with E-state index in [0.717, 1.165) is 16.8 Å².